The van der Waals surface area contributed by atoms with Crippen molar-refractivity contribution in [2.24, 2.45) is 5.41 Å². The number of fused-ring (bicyclic) bond motifs is 7. The van der Waals surface area contributed by atoms with Crippen LogP contribution in [0, 0.1) is 38.1 Å². The number of hydrogen-bond donors (Lipinski definition) is 0. The molecule has 0 amide bonds. The van der Waals surface area contributed by atoms with Crippen molar-refractivity contribution in [1.82, 2.24) is 9.97 Å². The maximum atomic E-state index is 8.54. The van der Waals surface area contributed by atoms with Gasteiger partial charge >= 0.3 is 0 Å². The largest absolute Gasteiger partial charge is 0.500 e. The molecule has 0 aliphatic heterocycles. The maximum Gasteiger partial charge on any atom is 0.129 e. The Hall–Kier alpha value is -5.19. The summed E-state index contributed by atoms with van der Waals surface area (Å²) in [5, 5.41) is 7.24. The predicted octanol–water partition coefficient (Wildman–Crippen LogP) is 15.2. The van der Waals surface area contributed by atoms with E-state index >= 15 is 0 Å². The van der Waals surface area contributed by atoms with E-state index in [1.807, 2.05) is 63.2 Å². The van der Waals surface area contributed by atoms with Crippen LogP contribution < -0.4 is 5.19 Å². The Kier molecular flexibility index (Phi) is 9.35. The quantitative estimate of drug-likeness (QED) is 0.0865. The van der Waals surface area contributed by atoms with E-state index in [2.05, 4.69) is 79.3 Å². The molecule has 1 radical (unpaired) electrons. The molecule has 0 saturated carbocycles. The van der Waals surface area contributed by atoms with E-state index in [9.17, 15) is 0 Å². The fourth-order valence-electron chi connectivity index (χ4n) is 8.41. The second-order valence-corrected chi connectivity index (χ2v) is 21.8. The molecule has 61 heavy (non-hydrogen) atoms. The molecule has 0 N–H and O–H groups in total. The first-order valence-electron chi connectivity index (χ1n) is 26.2. The molecule has 311 valence electrons. The van der Waals surface area contributed by atoms with Gasteiger partial charge in [-0.15, -0.1) is 53.6 Å². The fourth-order valence-corrected chi connectivity index (χ4v) is 12.0. The molecule has 9 rings (SSSR count). The molecule has 0 aliphatic carbocycles. The van der Waals surface area contributed by atoms with Gasteiger partial charge in [0.15, 0.2) is 0 Å². The molecule has 6 aromatic carbocycles. The SMILES string of the molecule is [2H]C([2H])([2H])c1c[c-]c(-c2ccc(C([2H])([2H])C(C)(C)C)cn2)cc1.[2H]C([2H])([2H])c1cnc(-c2[c-]ccc3c2oc2c3ccc3ccc4ccccc4c32)cc1-c1ccc([Si](CC)(CC)CC)cc1C([2H])([2H])[2H].[Ir]. The molecule has 0 atom stereocenters. The second kappa shape index (κ2) is 18.0. The van der Waals surface area contributed by atoms with Crippen molar-refractivity contribution in [2.75, 3.05) is 0 Å². The second-order valence-electron chi connectivity index (χ2n) is 16.5. The van der Waals surface area contributed by atoms with E-state index in [-0.39, 0.29) is 36.8 Å². The summed E-state index contributed by atoms with van der Waals surface area (Å²) in [7, 11) is -1.92. The van der Waals surface area contributed by atoms with Gasteiger partial charge < -0.3 is 14.4 Å². The number of pyridine rings is 2. The molecule has 0 fully saturated rings. The number of aryl methyl sites for hydroxylation is 3. The molecule has 0 spiro atoms. The van der Waals surface area contributed by atoms with Crippen molar-refractivity contribution >= 4 is 56.7 Å². The van der Waals surface area contributed by atoms with Crippen LogP contribution in [0.5, 0.6) is 0 Å². The number of furan rings is 1. The van der Waals surface area contributed by atoms with Crippen molar-refractivity contribution in [2.45, 2.75) is 86.6 Å². The maximum absolute atomic E-state index is 8.54. The third-order valence-corrected chi connectivity index (χ3v) is 17.4. The van der Waals surface area contributed by atoms with Gasteiger partial charge in [0, 0.05) is 58.3 Å². The third kappa shape index (κ3) is 8.80. The van der Waals surface area contributed by atoms with Gasteiger partial charge in [-0.25, -0.2) is 0 Å². The molecule has 3 aromatic heterocycles. The molecule has 0 unspecified atom stereocenters. The first-order valence-corrected chi connectivity index (χ1v) is 23.3. The monoisotopic (exact) mass is 1000 g/mol. The van der Waals surface area contributed by atoms with Crippen molar-refractivity contribution in [1.29, 1.82) is 0 Å². The average molecular weight is 1000 g/mol. The Bertz CT molecular complexity index is 3400. The minimum absolute atomic E-state index is 0. The normalized spacial score (nSPS) is 15.3. The molecule has 3 heterocycles. The van der Waals surface area contributed by atoms with Crippen molar-refractivity contribution in [3.63, 3.8) is 0 Å². The van der Waals surface area contributed by atoms with Crippen molar-refractivity contribution in [3.8, 4) is 33.6 Å². The van der Waals surface area contributed by atoms with Crippen LogP contribution in [0.25, 0.3) is 77.1 Å². The number of benzene rings is 6. The minimum Gasteiger partial charge on any atom is -0.500 e. The van der Waals surface area contributed by atoms with Crippen LogP contribution in [0.2, 0.25) is 18.1 Å². The predicted molar refractivity (Wildman–Crippen MR) is 259 cm³/mol. The van der Waals surface area contributed by atoms with Crippen LogP contribution in [-0.4, -0.2) is 18.0 Å². The standard InChI is InChI=1S/C39H36NOSi.C17H20N.Ir/c1-6-42(7-2,8-3)29-19-21-30(25(4)22-29)35-23-36(40-24-26(35)5)34-15-11-14-32-33-20-18-28-17-16-27-12-9-10-13-31(27)37(28)39(33)41-38(32)34;1-13-5-8-15(9-6-13)16-10-7-14(12-18-16)11-17(2,3)4;/h9-14,16-24H,6-8H2,1-5H3;5-8,10,12H,11H2,1-4H3;/q2*-1;/i4D3,5D3;1D3,11D2;. The molecule has 0 saturated heterocycles. The van der Waals surface area contributed by atoms with E-state index in [0.29, 0.717) is 44.8 Å². The first-order chi connectivity index (χ1) is 33.3. The molecule has 0 aliphatic rings. The number of rotatable bonds is 8. The smallest absolute Gasteiger partial charge is 0.129 e. The van der Waals surface area contributed by atoms with Gasteiger partial charge in [-0.05, 0) is 80.9 Å². The number of aromatic nitrogens is 2. The molecule has 9 aromatic rings. The van der Waals surface area contributed by atoms with Gasteiger partial charge in [-0.1, -0.05) is 168 Å². The summed E-state index contributed by atoms with van der Waals surface area (Å²) in [5.74, 6) is 0. The first kappa shape index (κ1) is 31.6. The van der Waals surface area contributed by atoms with Crippen LogP contribution in [0.15, 0.2) is 132 Å². The van der Waals surface area contributed by atoms with Crippen LogP contribution in [0.1, 0.15) is 78.9 Å². The van der Waals surface area contributed by atoms with Crippen molar-refractivity contribution in [3.05, 3.63) is 162 Å². The van der Waals surface area contributed by atoms with E-state index in [4.69, 9.17) is 19.5 Å². The van der Waals surface area contributed by atoms with E-state index < -0.39 is 40.4 Å². The summed E-state index contributed by atoms with van der Waals surface area (Å²) in [6, 6.07) is 45.1. The Morgan fingerprint density at radius 2 is 1.43 bits per heavy atom. The van der Waals surface area contributed by atoms with Crippen LogP contribution in [-0.2, 0) is 26.5 Å². The van der Waals surface area contributed by atoms with Crippen LogP contribution >= 0.6 is 0 Å². The summed E-state index contributed by atoms with van der Waals surface area (Å²) in [5.41, 5.74) is 4.80. The van der Waals surface area contributed by atoms with Gasteiger partial charge in [-0.2, -0.15) is 0 Å². The third-order valence-electron chi connectivity index (χ3n) is 11.8. The van der Waals surface area contributed by atoms with Crippen LogP contribution in [0.3, 0.4) is 0 Å². The number of nitrogens with zero attached hydrogens (tertiary/aromatic N) is 2. The zero-order chi connectivity index (χ0) is 51.5. The van der Waals surface area contributed by atoms with Gasteiger partial charge in [0.1, 0.15) is 5.58 Å². The Balaban J connectivity index is 0.000000267. The van der Waals surface area contributed by atoms with Crippen LogP contribution in [0.4, 0.5) is 0 Å². The van der Waals surface area contributed by atoms with Crippen molar-refractivity contribution < 1.29 is 39.6 Å². The zero-order valence-corrected chi connectivity index (χ0v) is 38.8. The summed E-state index contributed by atoms with van der Waals surface area (Å²) in [4.78, 5) is 8.95. The Morgan fingerprint density at radius 3 is 2.13 bits per heavy atom. The summed E-state index contributed by atoms with van der Waals surface area (Å²) >= 11 is 0. The molecule has 3 nitrogen and oxygen atoms in total. The topological polar surface area (TPSA) is 38.9 Å². The van der Waals surface area contributed by atoms with Gasteiger partial charge in [0.25, 0.3) is 0 Å². The average Bonchev–Trinajstić information content (AvgIpc) is 3.73. The zero-order valence-electron chi connectivity index (χ0n) is 46.4. The van der Waals surface area contributed by atoms with Gasteiger partial charge in [-0.3, -0.25) is 0 Å². The molecule has 0 bridgehead atoms. The van der Waals surface area contributed by atoms with Gasteiger partial charge in [0.05, 0.1) is 13.7 Å². The molecule has 5 heteroatoms. The number of hydrogen-bond acceptors (Lipinski definition) is 3. The van der Waals surface area contributed by atoms with E-state index in [1.54, 1.807) is 30.3 Å². The summed E-state index contributed by atoms with van der Waals surface area (Å²) in [6.45, 7) is 4.99. The van der Waals surface area contributed by atoms with E-state index in [0.717, 1.165) is 61.2 Å². The Labute approximate surface area is 392 Å². The van der Waals surface area contributed by atoms with Gasteiger partial charge in [0.2, 0.25) is 0 Å². The van der Waals surface area contributed by atoms with E-state index in [1.165, 1.54) is 18.5 Å². The Morgan fingerprint density at radius 1 is 0.672 bits per heavy atom. The molecular formula is C56H56IrN2OSi-2. The summed E-state index contributed by atoms with van der Waals surface area (Å²) < 4.78 is 96.0. The molecular weight excluding hydrogens is 937 g/mol. The fraction of sp³-hybridized carbons (Fsp3) is 0.250. The minimum atomic E-state index is -2.52. The summed E-state index contributed by atoms with van der Waals surface area (Å²) in [6.07, 6.45) is 1.40.